The van der Waals surface area contributed by atoms with Crippen molar-refractivity contribution in [3.8, 4) is 0 Å². The lowest BCUT2D eigenvalue weighted by Crippen LogP contribution is -2.40. The lowest BCUT2D eigenvalue weighted by atomic mass is 9.96. The molecule has 24 heavy (non-hydrogen) atoms. The average Bonchev–Trinajstić information content (AvgIpc) is 2.70. The van der Waals surface area contributed by atoms with E-state index in [1.165, 1.54) is 0 Å². The van der Waals surface area contributed by atoms with Crippen molar-refractivity contribution in [3.63, 3.8) is 0 Å². The normalized spacial score (nSPS) is 22.1. The zero-order chi connectivity index (χ0) is 18.5. The average molecular weight is 343 g/mol. The van der Waals surface area contributed by atoms with Crippen LogP contribution in [0.3, 0.4) is 0 Å². The number of nitrogens with one attached hydrogen (secondary N) is 2. The summed E-state index contributed by atoms with van der Waals surface area (Å²) in [4.78, 5) is 25.8. The smallest absolute Gasteiger partial charge is 0.407 e. The van der Waals surface area contributed by atoms with Crippen molar-refractivity contribution in [1.82, 2.24) is 15.5 Å². The molecule has 7 nitrogen and oxygen atoms in total. The Kier molecular flexibility index (Phi) is 6.89. The molecule has 0 aliphatic carbocycles. The molecule has 0 radical (unpaired) electrons. The van der Waals surface area contributed by atoms with E-state index in [0.717, 1.165) is 13.1 Å². The Morgan fingerprint density at radius 2 is 1.21 bits per heavy atom. The number of alkyl carbamates (subject to hydrolysis) is 2. The molecule has 7 heteroatoms. The van der Waals surface area contributed by atoms with Crippen LogP contribution in [0.15, 0.2) is 0 Å². The SMILES string of the molecule is CN1C[C@@H](CNC(=O)OC(C)(C)C)[C@@H](CNC(=O)OC(C)(C)C)C1. The lowest BCUT2D eigenvalue weighted by molar-refractivity contribution is 0.0491. The first-order valence-electron chi connectivity index (χ1n) is 8.48. The molecule has 2 amide bonds. The van der Waals surface area contributed by atoms with Crippen LogP contribution in [0, 0.1) is 11.8 Å². The zero-order valence-corrected chi connectivity index (χ0v) is 16.1. The first-order valence-corrected chi connectivity index (χ1v) is 8.48. The molecule has 0 unspecified atom stereocenters. The maximum Gasteiger partial charge on any atom is 0.407 e. The van der Waals surface area contributed by atoms with Gasteiger partial charge in [0, 0.05) is 26.2 Å². The summed E-state index contributed by atoms with van der Waals surface area (Å²) in [6.45, 7) is 13.8. The van der Waals surface area contributed by atoms with Crippen LogP contribution >= 0.6 is 0 Å². The summed E-state index contributed by atoms with van der Waals surface area (Å²) in [5.74, 6) is 0.523. The number of ether oxygens (including phenoxy) is 2. The topological polar surface area (TPSA) is 79.9 Å². The molecule has 2 atom stereocenters. The maximum atomic E-state index is 11.8. The molecule has 0 aromatic rings. The van der Waals surface area contributed by atoms with Gasteiger partial charge in [-0.25, -0.2) is 9.59 Å². The van der Waals surface area contributed by atoms with E-state index in [0.29, 0.717) is 13.1 Å². The first kappa shape index (κ1) is 20.5. The Hall–Kier alpha value is -1.50. The van der Waals surface area contributed by atoms with Crippen LogP contribution in [0.2, 0.25) is 0 Å². The van der Waals surface area contributed by atoms with E-state index in [1.807, 2.05) is 48.6 Å². The number of hydrogen-bond acceptors (Lipinski definition) is 5. The Bertz CT molecular complexity index is 400. The second-order valence-electron chi connectivity index (χ2n) is 8.51. The fourth-order valence-corrected chi connectivity index (χ4v) is 2.69. The molecule has 1 aliphatic rings. The van der Waals surface area contributed by atoms with Gasteiger partial charge in [-0.15, -0.1) is 0 Å². The van der Waals surface area contributed by atoms with E-state index < -0.39 is 23.4 Å². The molecule has 1 aliphatic heterocycles. The predicted octanol–water partition coefficient (Wildman–Crippen LogP) is 2.21. The Morgan fingerprint density at radius 3 is 1.50 bits per heavy atom. The number of rotatable bonds is 4. The second kappa shape index (κ2) is 8.05. The van der Waals surface area contributed by atoms with E-state index in [9.17, 15) is 9.59 Å². The molecule has 140 valence electrons. The van der Waals surface area contributed by atoms with Crippen LogP contribution in [0.5, 0.6) is 0 Å². The van der Waals surface area contributed by atoms with Crippen molar-refractivity contribution in [2.45, 2.75) is 52.7 Å². The van der Waals surface area contributed by atoms with E-state index >= 15 is 0 Å². The van der Waals surface area contributed by atoms with Gasteiger partial charge in [-0.05, 0) is 60.4 Å². The number of carbonyl (C=O) groups is 2. The highest BCUT2D eigenvalue weighted by Gasteiger charge is 2.32. The molecular weight excluding hydrogens is 310 g/mol. The van der Waals surface area contributed by atoms with E-state index in [4.69, 9.17) is 9.47 Å². The summed E-state index contributed by atoms with van der Waals surface area (Å²) in [5.41, 5.74) is -1.01. The minimum Gasteiger partial charge on any atom is -0.444 e. The van der Waals surface area contributed by atoms with Gasteiger partial charge in [-0.2, -0.15) is 0 Å². The Morgan fingerprint density at radius 1 is 0.875 bits per heavy atom. The molecule has 1 rings (SSSR count). The quantitative estimate of drug-likeness (QED) is 0.818. The summed E-state index contributed by atoms with van der Waals surface area (Å²) in [6.07, 6.45) is -0.813. The highest BCUT2D eigenvalue weighted by atomic mass is 16.6. The van der Waals surface area contributed by atoms with Crippen molar-refractivity contribution in [3.05, 3.63) is 0 Å². The third-order valence-corrected chi connectivity index (χ3v) is 3.57. The van der Waals surface area contributed by atoms with Crippen LogP contribution < -0.4 is 10.6 Å². The van der Waals surface area contributed by atoms with Crippen molar-refractivity contribution >= 4 is 12.2 Å². The minimum atomic E-state index is -0.506. The molecule has 0 saturated carbocycles. The Balaban J connectivity index is 2.43. The van der Waals surface area contributed by atoms with Crippen molar-refractivity contribution in [2.75, 3.05) is 33.2 Å². The van der Waals surface area contributed by atoms with Gasteiger partial charge in [-0.1, -0.05) is 0 Å². The molecule has 0 aromatic heterocycles. The van der Waals surface area contributed by atoms with Crippen LogP contribution in [0.25, 0.3) is 0 Å². The van der Waals surface area contributed by atoms with Crippen LogP contribution in [-0.2, 0) is 9.47 Å². The fourth-order valence-electron chi connectivity index (χ4n) is 2.69. The van der Waals surface area contributed by atoms with Gasteiger partial charge in [0.05, 0.1) is 0 Å². The lowest BCUT2D eigenvalue weighted by Gasteiger charge is -2.24. The number of amides is 2. The summed E-state index contributed by atoms with van der Waals surface area (Å²) in [6, 6.07) is 0. The molecule has 1 saturated heterocycles. The number of likely N-dealkylation sites (tertiary alicyclic amines) is 1. The summed E-state index contributed by atoms with van der Waals surface area (Å²) < 4.78 is 10.5. The predicted molar refractivity (Wildman–Crippen MR) is 93.0 cm³/mol. The van der Waals surface area contributed by atoms with E-state index in [-0.39, 0.29) is 11.8 Å². The van der Waals surface area contributed by atoms with Crippen molar-refractivity contribution < 1.29 is 19.1 Å². The van der Waals surface area contributed by atoms with Crippen molar-refractivity contribution in [2.24, 2.45) is 11.8 Å². The van der Waals surface area contributed by atoms with Crippen LogP contribution in [0.4, 0.5) is 9.59 Å². The molecule has 0 bridgehead atoms. The van der Waals surface area contributed by atoms with Gasteiger partial charge in [0.2, 0.25) is 0 Å². The number of hydrogen-bond donors (Lipinski definition) is 2. The van der Waals surface area contributed by atoms with Gasteiger partial charge in [-0.3, -0.25) is 0 Å². The molecule has 2 N–H and O–H groups in total. The van der Waals surface area contributed by atoms with Crippen molar-refractivity contribution in [1.29, 1.82) is 0 Å². The van der Waals surface area contributed by atoms with Gasteiger partial charge in [0.15, 0.2) is 0 Å². The largest absolute Gasteiger partial charge is 0.444 e. The summed E-state index contributed by atoms with van der Waals surface area (Å²) in [5, 5.41) is 5.65. The molecule has 1 heterocycles. The maximum absolute atomic E-state index is 11.8. The third-order valence-electron chi connectivity index (χ3n) is 3.57. The minimum absolute atomic E-state index is 0.262. The highest BCUT2D eigenvalue weighted by Crippen LogP contribution is 2.21. The van der Waals surface area contributed by atoms with Crippen LogP contribution in [0.1, 0.15) is 41.5 Å². The Labute approximate surface area is 145 Å². The molecule has 1 fully saturated rings. The number of carbonyl (C=O) groups excluding carboxylic acids is 2. The van der Waals surface area contributed by atoms with Gasteiger partial charge in [0.25, 0.3) is 0 Å². The van der Waals surface area contributed by atoms with E-state index in [2.05, 4.69) is 15.5 Å². The fraction of sp³-hybridized carbons (Fsp3) is 0.882. The van der Waals surface area contributed by atoms with Gasteiger partial charge in [0.1, 0.15) is 11.2 Å². The third kappa shape index (κ3) is 8.38. The second-order valence-corrected chi connectivity index (χ2v) is 8.51. The monoisotopic (exact) mass is 343 g/mol. The van der Waals surface area contributed by atoms with Crippen LogP contribution in [-0.4, -0.2) is 61.5 Å². The van der Waals surface area contributed by atoms with Gasteiger partial charge >= 0.3 is 12.2 Å². The zero-order valence-electron chi connectivity index (χ0n) is 16.1. The summed E-state index contributed by atoms with van der Waals surface area (Å²) >= 11 is 0. The molecule has 0 spiro atoms. The standard InChI is InChI=1S/C17H33N3O4/c1-16(2,3)23-14(21)18-8-12-10-20(7)11-13(12)9-19-15(22)24-17(4,5)6/h12-13H,8-11H2,1-7H3,(H,18,21)(H,19,22)/t12-,13+. The van der Waals surface area contributed by atoms with E-state index in [1.54, 1.807) is 0 Å². The number of nitrogens with zero attached hydrogens (tertiary/aromatic N) is 1. The molecule has 0 aromatic carbocycles. The highest BCUT2D eigenvalue weighted by molar-refractivity contribution is 5.68. The first-order chi connectivity index (χ1) is 10.9. The molecular formula is C17H33N3O4. The van der Waals surface area contributed by atoms with Gasteiger partial charge < -0.3 is 25.0 Å². The summed E-state index contributed by atoms with van der Waals surface area (Å²) in [7, 11) is 2.04.